The first-order chi connectivity index (χ1) is 13.9. The van der Waals surface area contributed by atoms with Crippen LogP contribution < -0.4 is 10.2 Å². The van der Waals surface area contributed by atoms with Gasteiger partial charge in [-0.3, -0.25) is 14.9 Å². The molecule has 0 unspecified atom stereocenters. The Bertz CT molecular complexity index is 1160. The van der Waals surface area contributed by atoms with E-state index in [1.807, 2.05) is 30.3 Å². The number of amides is 4. The van der Waals surface area contributed by atoms with Crippen LogP contribution in [0.15, 0.2) is 70.7 Å². The summed E-state index contributed by atoms with van der Waals surface area (Å²) in [5.74, 6) is -0.624. The van der Waals surface area contributed by atoms with Gasteiger partial charge in [0, 0.05) is 10.6 Å². The third-order valence-corrected chi connectivity index (χ3v) is 4.89. The predicted octanol–water partition coefficient (Wildman–Crippen LogP) is 4.57. The van der Waals surface area contributed by atoms with Crippen molar-refractivity contribution in [3.05, 3.63) is 82.6 Å². The number of nitrogens with zero attached hydrogens (tertiary/aromatic N) is 1. The molecule has 29 heavy (non-hydrogen) atoms. The highest BCUT2D eigenvalue weighted by molar-refractivity contribution is 6.39. The number of nitrogens with one attached hydrogen (secondary N) is 1. The second kappa shape index (κ2) is 7.41. The first-order valence-electron chi connectivity index (χ1n) is 8.77. The van der Waals surface area contributed by atoms with E-state index in [2.05, 4.69) is 5.32 Å². The minimum atomic E-state index is -0.832. The monoisotopic (exact) mass is 406 g/mol. The lowest BCUT2D eigenvalue weighted by molar-refractivity contribution is -0.122. The summed E-state index contributed by atoms with van der Waals surface area (Å²) in [5.41, 5.74) is 1.72. The Morgan fingerprint density at radius 2 is 1.76 bits per heavy atom. The van der Waals surface area contributed by atoms with E-state index in [0.717, 1.165) is 16.0 Å². The van der Waals surface area contributed by atoms with Gasteiger partial charge in [0.15, 0.2) is 0 Å². The van der Waals surface area contributed by atoms with Crippen LogP contribution in [-0.2, 0) is 9.59 Å². The number of anilines is 1. The number of imide groups is 2. The van der Waals surface area contributed by atoms with Crippen molar-refractivity contribution >= 4 is 41.2 Å². The van der Waals surface area contributed by atoms with Crippen LogP contribution in [0.2, 0.25) is 5.02 Å². The molecule has 0 radical (unpaired) electrons. The number of aryl methyl sites for hydroxylation is 1. The lowest BCUT2D eigenvalue weighted by atomic mass is 10.1. The van der Waals surface area contributed by atoms with Gasteiger partial charge in [-0.05, 0) is 42.8 Å². The molecule has 144 valence electrons. The molecule has 2 heterocycles. The van der Waals surface area contributed by atoms with Crippen molar-refractivity contribution in [3.8, 4) is 11.3 Å². The Hall–Kier alpha value is -3.64. The highest BCUT2D eigenvalue weighted by atomic mass is 35.5. The molecule has 0 atom stereocenters. The van der Waals surface area contributed by atoms with Crippen molar-refractivity contribution in [2.75, 3.05) is 4.90 Å². The van der Waals surface area contributed by atoms with Crippen LogP contribution in [0.4, 0.5) is 10.5 Å². The van der Waals surface area contributed by atoms with E-state index in [1.165, 1.54) is 12.1 Å². The van der Waals surface area contributed by atoms with Gasteiger partial charge in [-0.2, -0.15) is 0 Å². The van der Waals surface area contributed by atoms with E-state index in [-0.39, 0.29) is 11.3 Å². The molecule has 4 rings (SSSR count). The molecule has 6 nitrogen and oxygen atoms in total. The van der Waals surface area contributed by atoms with Gasteiger partial charge in [0.2, 0.25) is 0 Å². The van der Waals surface area contributed by atoms with Crippen LogP contribution in [0, 0.1) is 6.92 Å². The summed E-state index contributed by atoms with van der Waals surface area (Å²) in [4.78, 5) is 38.3. The minimum Gasteiger partial charge on any atom is -0.457 e. The zero-order valence-corrected chi connectivity index (χ0v) is 16.1. The van der Waals surface area contributed by atoms with E-state index in [1.54, 1.807) is 31.2 Å². The average molecular weight is 407 g/mol. The van der Waals surface area contributed by atoms with Crippen LogP contribution in [-0.4, -0.2) is 17.8 Å². The Balaban J connectivity index is 1.69. The van der Waals surface area contributed by atoms with E-state index >= 15 is 0 Å². The zero-order chi connectivity index (χ0) is 20.5. The topological polar surface area (TPSA) is 79.6 Å². The molecule has 0 spiro atoms. The molecule has 0 aliphatic carbocycles. The van der Waals surface area contributed by atoms with Crippen LogP contribution >= 0.6 is 11.6 Å². The molecule has 0 saturated carbocycles. The van der Waals surface area contributed by atoms with E-state index in [0.29, 0.717) is 16.5 Å². The SMILES string of the molecule is Cc1ccc(N2C(=O)NC(=O)C(=Cc3ccc(-c4ccccc4)o3)C2=O)cc1Cl. The lowest BCUT2D eigenvalue weighted by Gasteiger charge is -2.26. The fourth-order valence-electron chi connectivity index (χ4n) is 2.94. The Morgan fingerprint density at radius 1 is 1.00 bits per heavy atom. The number of carbonyl (C=O) groups is 3. The van der Waals surface area contributed by atoms with Gasteiger partial charge in [0.05, 0.1) is 5.69 Å². The van der Waals surface area contributed by atoms with E-state index in [9.17, 15) is 14.4 Å². The molecule has 1 saturated heterocycles. The summed E-state index contributed by atoms with van der Waals surface area (Å²) in [6, 6.07) is 16.8. The Morgan fingerprint density at radius 3 is 2.48 bits per heavy atom. The van der Waals surface area contributed by atoms with Crippen molar-refractivity contribution in [1.29, 1.82) is 0 Å². The molecule has 1 aromatic heterocycles. The molecule has 7 heteroatoms. The number of furan rings is 1. The molecule has 1 aliphatic heterocycles. The standard InChI is InChI=1S/C22H15ClN2O4/c1-13-7-8-15(11-18(13)23)25-21(27)17(20(26)24-22(25)28)12-16-9-10-19(29-16)14-5-3-2-4-6-14/h2-12H,1H3,(H,24,26,28). The maximum atomic E-state index is 12.9. The first-order valence-corrected chi connectivity index (χ1v) is 9.15. The fraction of sp³-hybridized carbons (Fsp3) is 0.0455. The first kappa shape index (κ1) is 18.7. The number of carbonyl (C=O) groups excluding carboxylic acids is 3. The van der Waals surface area contributed by atoms with Crippen molar-refractivity contribution in [2.45, 2.75) is 6.92 Å². The quantitative estimate of drug-likeness (QED) is 0.510. The van der Waals surface area contributed by atoms with Gasteiger partial charge in [0.1, 0.15) is 17.1 Å². The van der Waals surface area contributed by atoms with Gasteiger partial charge < -0.3 is 4.42 Å². The number of hydrogen-bond donors (Lipinski definition) is 1. The number of benzene rings is 2. The second-order valence-corrected chi connectivity index (χ2v) is 6.87. The van der Waals surface area contributed by atoms with Crippen LogP contribution in [0.5, 0.6) is 0 Å². The molecular weight excluding hydrogens is 392 g/mol. The number of barbiturate groups is 1. The summed E-state index contributed by atoms with van der Waals surface area (Å²) < 4.78 is 5.74. The average Bonchev–Trinajstić information content (AvgIpc) is 3.17. The number of hydrogen-bond acceptors (Lipinski definition) is 4. The van der Waals surface area contributed by atoms with Crippen LogP contribution in [0.1, 0.15) is 11.3 Å². The molecule has 4 amide bonds. The largest absolute Gasteiger partial charge is 0.457 e. The molecule has 1 N–H and O–H groups in total. The maximum absolute atomic E-state index is 12.9. The van der Waals surface area contributed by atoms with Crippen LogP contribution in [0.25, 0.3) is 17.4 Å². The highest BCUT2D eigenvalue weighted by Gasteiger charge is 2.37. The van der Waals surface area contributed by atoms with Gasteiger partial charge in [-0.15, -0.1) is 0 Å². The number of urea groups is 1. The van der Waals surface area contributed by atoms with Gasteiger partial charge >= 0.3 is 6.03 Å². The number of halogens is 1. The summed E-state index contributed by atoms with van der Waals surface area (Å²) in [5, 5.41) is 2.58. The summed E-state index contributed by atoms with van der Waals surface area (Å²) in [7, 11) is 0. The molecule has 1 aliphatic rings. The second-order valence-electron chi connectivity index (χ2n) is 6.46. The molecule has 0 bridgehead atoms. The van der Waals surface area contributed by atoms with Crippen molar-refractivity contribution in [3.63, 3.8) is 0 Å². The third-order valence-electron chi connectivity index (χ3n) is 4.49. The van der Waals surface area contributed by atoms with Crippen molar-refractivity contribution in [2.24, 2.45) is 0 Å². The van der Waals surface area contributed by atoms with Crippen molar-refractivity contribution < 1.29 is 18.8 Å². The maximum Gasteiger partial charge on any atom is 0.335 e. The fourth-order valence-corrected chi connectivity index (χ4v) is 3.12. The molecule has 3 aromatic rings. The highest BCUT2D eigenvalue weighted by Crippen LogP contribution is 2.28. The van der Waals surface area contributed by atoms with Gasteiger partial charge in [0.25, 0.3) is 11.8 Å². The molecule has 1 fully saturated rings. The minimum absolute atomic E-state index is 0.213. The van der Waals surface area contributed by atoms with Gasteiger partial charge in [-0.1, -0.05) is 48.0 Å². The third kappa shape index (κ3) is 3.58. The summed E-state index contributed by atoms with van der Waals surface area (Å²) in [6.07, 6.45) is 1.32. The predicted molar refractivity (Wildman–Crippen MR) is 109 cm³/mol. The Kier molecular flexibility index (Phi) is 4.78. The lowest BCUT2D eigenvalue weighted by Crippen LogP contribution is -2.54. The van der Waals surface area contributed by atoms with E-state index in [4.69, 9.17) is 16.0 Å². The summed E-state index contributed by atoms with van der Waals surface area (Å²) >= 11 is 6.12. The van der Waals surface area contributed by atoms with E-state index < -0.39 is 17.8 Å². The summed E-state index contributed by atoms with van der Waals surface area (Å²) in [6.45, 7) is 1.81. The number of rotatable bonds is 3. The normalized spacial score (nSPS) is 15.7. The van der Waals surface area contributed by atoms with Crippen molar-refractivity contribution in [1.82, 2.24) is 5.32 Å². The zero-order valence-electron chi connectivity index (χ0n) is 15.3. The molecular formula is C22H15ClN2O4. The Labute approximate surface area is 171 Å². The van der Waals surface area contributed by atoms with Crippen LogP contribution in [0.3, 0.4) is 0 Å². The molecule has 2 aromatic carbocycles. The van der Waals surface area contributed by atoms with Gasteiger partial charge in [-0.25, -0.2) is 9.69 Å². The smallest absolute Gasteiger partial charge is 0.335 e.